The number of aryl methyl sites for hydroxylation is 1. The van der Waals surface area contributed by atoms with Crippen LogP contribution in [0.1, 0.15) is 49.7 Å². The second-order valence-corrected chi connectivity index (χ2v) is 5.49. The second-order valence-electron chi connectivity index (χ2n) is 5.49. The van der Waals surface area contributed by atoms with Gasteiger partial charge in [-0.05, 0) is 51.7 Å². The summed E-state index contributed by atoms with van der Waals surface area (Å²) >= 11 is 0. The van der Waals surface area contributed by atoms with Crippen LogP contribution in [-0.4, -0.2) is 16.5 Å². The van der Waals surface area contributed by atoms with Crippen molar-refractivity contribution in [3.63, 3.8) is 0 Å². The van der Waals surface area contributed by atoms with Crippen LogP contribution < -0.4 is 11.1 Å². The van der Waals surface area contributed by atoms with Crippen molar-refractivity contribution in [2.45, 2.75) is 58.7 Å². The van der Waals surface area contributed by atoms with E-state index in [4.69, 9.17) is 5.73 Å². The quantitative estimate of drug-likeness (QED) is 0.856. The van der Waals surface area contributed by atoms with Gasteiger partial charge >= 0.3 is 0 Å². The standard InChI is InChI=1S/C14H23N3O/c1-9(2)16-14(18)8-17-10(3)7-11-12(15)5-4-6-13(11)17/h7,9,12H,4-6,8,15H2,1-3H3,(H,16,18). The van der Waals surface area contributed by atoms with Crippen molar-refractivity contribution in [1.29, 1.82) is 0 Å². The Labute approximate surface area is 109 Å². The van der Waals surface area contributed by atoms with Gasteiger partial charge in [-0.25, -0.2) is 0 Å². The molecule has 1 amide bonds. The number of carbonyl (C=O) groups is 1. The SMILES string of the molecule is Cc1cc2c(n1CC(=O)NC(C)C)CCCC2N. The maximum absolute atomic E-state index is 11.9. The molecule has 1 aliphatic carbocycles. The number of nitrogens with two attached hydrogens (primary N) is 1. The van der Waals surface area contributed by atoms with E-state index in [9.17, 15) is 4.79 Å². The minimum Gasteiger partial charge on any atom is -0.352 e. The molecular weight excluding hydrogens is 226 g/mol. The monoisotopic (exact) mass is 249 g/mol. The zero-order valence-corrected chi connectivity index (χ0v) is 11.5. The van der Waals surface area contributed by atoms with Gasteiger partial charge in [-0.1, -0.05) is 0 Å². The van der Waals surface area contributed by atoms with E-state index in [0.29, 0.717) is 6.54 Å². The van der Waals surface area contributed by atoms with E-state index in [0.717, 1.165) is 25.0 Å². The van der Waals surface area contributed by atoms with Crippen molar-refractivity contribution in [2.75, 3.05) is 0 Å². The van der Waals surface area contributed by atoms with Crippen LogP contribution in [0.5, 0.6) is 0 Å². The Morgan fingerprint density at radius 3 is 3.00 bits per heavy atom. The molecule has 0 spiro atoms. The Kier molecular flexibility index (Phi) is 3.76. The van der Waals surface area contributed by atoms with Gasteiger partial charge < -0.3 is 15.6 Å². The van der Waals surface area contributed by atoms with E-state index in [1.165, 1.54) is 11.3 Å². The third-order valence-electron chi connectivity index (χ3n) is 3.53. The van der Waals surface area contributed by atoms with Crippen LogP contribution in [0.25, 0.3) is 0 Å². The first-order valence-electron chi connectivity index (χ1n) is 6.73. The number of nitrogens with one attached hydrogen (secondary N) is 1. The summed E-state index contributed by atoms with van der Waals surface area (Å²) in [6, 6.07) is 2.47. The van der Waals surface area contributed by atoms with Crippen molar-refractivity contribution in [3.05, 3.63) is 23.0 Å². The van der Waals surface area contributed by atoms with Crippen LogP contribution in [0, 0.1) is 6.92 Å². The highest BCUT2D eigenvalue weighted by Gasteiger charge is 2.22. The maximum Gasteiger partial charge on any atom is 0.240 e. The fourth-order valence-electron chi connectivity index (χ4n) is 2.73. The molecule has 0 radical (unpaired) electrons. The second kappa shape index (κ2) is 5.14. The van der Waals surface area contributed by atoms with E-state index in [-0.39, 0.29) is 18.0 Å². The molecule has 0 fully saturated rings. The van der Waals surface area contributed by atoms with E-state index >= 15 is 0 Å². The molecule has 1 heterocycles. The number of hydrogen-bond acceptors (Lipinski definition) is 2. The lowest BCUT2D eigenvalue weighted by molar-refractivity contribution is -0.122. The van der Waals surface area contributed by atoms with Crippen molar-refractivity contribution >= 4 is 5.91 Å². The topological polar surface area (TPSA) is 60.0 Å². The van der Waals surface area contributed by atoms with Crippen molar-refractivity contribution < 1.29 is 4.79 Å². The summed E-state index contributed by atoms with van der Waals surface area (Å²) in [4.78, 5) is 11.9. The molecule has 100 valence electrons. The smallest absolute Gasteiger partial charge is 0.240 e. The van der Waals surface area contributed by atoms with E-state index < -0.39 is 0 Å². The zero-order chi connectivity index (χ0) is 13.3. The lowest BCUT2D eigenvalue weighted by Crippen LogP contribution is -2.34. The van der Waals surface area contributed by atoms with Crippen LogP contribution in [-0.2, 0) is 17.8 Å². The summed E-state index contributed by atoms with van der Waals surface area (Å²) in [6.45, 7) is 6.41. The first-order chi connectivity index (χ1) is 8.49. The molecule has 18 heavy (non-hydrogen) atoms. The molecule has 2 rings (SSSR count). The Balaban J connectivity index is 2.21. The minimum atomic E-state index is 0.0747. The van der Waals surface area contributed by atoms with Crippen molar-refractivity contribution in [2.24, 2.45) is 5.73 Å². The molecule has 4 heteroatoms. The average molecular weight is 249 g/mol. The highest BCUT2D eigenvalue weighted by molar-refractivity contribution is 5.76. The van der Waals surface area contributed by atoms with Gasteiger partial charge in [0.05, 0.1) is 0 Å². The first kappa shape index (κ1) is 13.1. The Morgan fingerprint density at radius 2 is 2.33 bits per heavy atom. The molecule has 0 saturated carbocycles. The average Bonchev–Trinajstić information content (AvgIpc) is 2.57. The Hall–Kier alpha value is -1.29. The van der Waals surface area contributed by atoms with Crippen LogP contribution >= 0.6 is 0 Å². The fraction of sp³-hybridized carbons (Fsp3) is 0.643. The van der Waals surface area contributed by atoms with Gasteiger partial charge in [0.15, 0.2) is 0 Å². The Bertz CT molecular complexity index is 448. The zero-order valence-electron chi connectivity index (χ0n) is 11.5. The van der Waals surface area contributed by atoms with E-state index in [2.05, 4.69) is 16.0 Å². The van der Waals surface area contributed by atoms with E-state index in [1.807, 2.05) is 20.8 Å². The molecule has 0 aliphatic heterocycles. The van der Waals surface area contributed by atoms with Gasteiger partial charge in [0.25, 0.3) is 0 Å². The molecule has 1 atom stereocenters. The number of carbonyl (C=O) groups excluding carboxylic acids is 1. The number of rotatable bonds is 3. The predicted molar refractivity (Wildman–Crippen MR) is 72.3 cm³/mol. The van der Waals surface area contributed by atoms with Crippen molar-refractivity contribution in [3.8, 4) is 0 Å². The lowest BCUT2D eigenvalue weighted by atomic mass is 9.93. The summed E-state index contributed by atoms with van der Waals surface area (Å²) in [6.07, 6.45) is 3.20. The molecule has 4 nitrogen and oxygen atoms in total. The van der Waals surface area contributed by atoms with Gasteiger partial charge in [0, 0.05) is 23.5 Å². The molecule has 1 unspecified atom stereocenters. The lowest BCUT2D eigenvalue weighted by Gasteiger charge is -2.21. The van der Waals surface area contributed by atoms with Gasteiger partial charge in [-0.3, -0.25) is 4.79 Å². The molecule has 1 aliphatic rings. The molecule has 1 aromatic rings. The molecule has 0 bridgehead atoms. The summed E-state index contributed by atoms with van der Waals surface area (Å²) in [5, 5.41) is 2.94. The Morgan fingerprint density at radius 1 is 1.61 bits per heavy atom. The summed E-state index contributed by atoms with van der Waals surface area (Å²) in [5.41, 5.74) is 9.75. The van der Waals surface area contributed by atoms with Gasteiger partial charge in [-0.2, -0.15) is 0 Å². The highest BCUT2D eigenvalue weighted by atomic mass is 16.2. The normalized spacial score (nSPS) is 18.8. The van der Waals surface area contributed by atoms with Crippen molar-refractivity contribution in [1.82, 2.24) is 9.88 Å². The fourth-order valence-corrected chi connectivity index (χ4v) is 2.73. The number of amides is 1. The molecule has 0 aromatic carbocycles. The van der Waals surface area contributed by atoms with Crippen LogP contribution in [0.15, 0.2) is 6.07 Å². The van der Waals surface area contributed by atoms with Gasteiger partial charge in [0.2, 0.25) is 5.91 Å². The summed E-state index contributed by atoms with van der Waals surface area (Å²) in [7, 11) is 0. The molecule has 1 aromatic heterocycles. The molecule has 3 N–H and O–H groups in total. The number of fused-ring (bicyclic) bond motifs is 1. The predicted octanol–water partition coefficient (Wildman–Crippen LogP) is 1.66. The number of nitrogens with zero attached hydrogens (tertiary/aromatic N) is 1. The van der Waals surface area contributed by atoms with Gasteiger partial charge in [0.1, 0.15) is 6.54 Å². The van der Waals surface area contributed by atoms with Crippen LogP contribution in [0.4, 0.5) is 0 Å². The summed E-state index contributed by atoms with van der Waals surface area (Å²) < 4.78 is 2.12. The number of aromatic nitrogens is 1. The minimum absolute atomic E-state index is 0.0747. The third kappa shape index (κ3) is 2.58. The van der Waals surface area contributed by atoms with Crippen LogP contribution in [0.2, 0.25) is 0 Å². The first-order valence-corrected chi connectivity index (χ1v) is 6.73. The number of hydrogen-bond donors (Lipinski definition) is 2. The largest absolute Gasteiger partial charge is 0.352 e. The third-order valence-corrected chi connectivity index (χ3v) is 3.53. The van der Waals surface area contributed by atoms with Crippen LogP contribution in [0.3, 0.4) is 0 Å². The molecule has 0 saturated heterocycles. The maximum atomic E-state index is 11.9. The van der Waals surface area contributed by atoms with E-state index in [1.54, 1.807) is 0 Å². The molecular formula is C14H23N3O. The summed E-state index contributed by atoms with van der Waals surface area (Å²) in [5.74, 6) is 0.0747. The highest BCUT2D eigenvalue weighted by Crippen LogP contribution is 2.30. The van der Waals surface area contributed by atoms with Gasteiger partial charge in [-0.15, -0.1) is 0 Å².